The fourth-order valence-corrected chi connectivity index (χ4v) is 0.934. The second-order valence-electron chi connectivity index (χ2n) is 1.97. The predicted molar refractivity (Wildman–Crippen MR) is 32.3 cm³/mol. The molecule has 0 saturated carbocycles. The lowest BCUT2D eigenvalue weighted by Crippen LogP contribution is -1.78. The topological polar surface area (TPSA) is 17.1 Å². The van der Waals surface area contributed by atoms with Crippen LogP contribution in [-0.2, 0) is 4.79 Å². The van der Waals surface area contributed by atoms with Crippen molar-refractivity contribution in [1.29, 1.82) is 0 Å². The number of allylic oxidation sites excluding steroid dienone is 2. The third-order valence-corrected chi connectivity index (χ3v) is 1.36. The zero-order chi connectivity index (χ0) is 5.82. The van der Waals surface area contributed by atoms with Gasteiger partial charge in [-0.2, -0.15) is 0 Å². The molecule has 1 nitrogen and oxygen atoms in total. The molecular weight excluding hydrogens is 100 g/mol. The largest absolute Gasteiger partial charge is 0.303 e. The number of carbonyl (C=O) groups is 1. The van der Waals surface area contributed by atoms with Crippen molar-refractivity contribution in [2.45, 2.75) is 19.3 Å². The molecule has 0 aliphatic heterocycles. The van der Waals surface area contributed by atoms with Crippen LogP contribution >= 0.6 is 0 Å². The molecule has 0 unspecified atom stereocenters. The zero-order valence-corrected chi connectivity index (χ0v) is 4.76. The fourth-order valence-electron chi connectivity index (χ4n) is 0.934. The highest BCUT2D eigenvalue weighted by molar-refractivity contribution is 5.67. The van der Waals surface area contributed by atoms with Gasteiger partial charge in [0.25, 0.3) is 0 Å². The van der Waals surface area contributed by atoms with Crippen molar-refractivity contribution in [2.75, 3.05) is 0 Å². The average Bonchev–Trinajstić information content (AvgIpc) is 2.19. The molecule has 0 aromatic heterocycles. The Morgan fingerprint density at radius 3 is 3.00 bits per heavy atom. The molecule has 0 spiro atoms. The predicted octanol–water partition coefficient (Wildman–Crippen LogP) is 1.50. The maximum atomic E-state index is 9.86. The minimum Gasteiger partial charge on any atom is -0.303 e. The van der Waals surface area contributed by atoms with Crippen molar-refractivity contribution < 1.29 is 4.79 Å². The molecular formula is C7H9O. The van der Waals surface area contributed by atoms with Gasteiger partial charge in [0.1, 0.15) is 6.29 Å². The zero-order valence-electron chi connectivity index (χ0n) is 4.76. The number of aldehydes is 1. The highest BCUT2D eigenvalue weighted by Gasteiger charge is 2.01. The van der Waals surface area contributed by atoms with Gasteiger partial charge in [-0.1, -0.05) is 11.6 Å². The van der Waals surface area contributed by atoms with Crippen molar-refractivity contribution in [2.24, 2.45) is 0 Å². The van der Waals surface area contributed by atoms with E-state index in [9.17, 15) is 4.79 Å². The highest BCUT2D eigenvalue weighted by atomic mass is 16.1. The van der Waals surface area contributed by atoms with Gasteiger partial charge in [-0.15, -0.1) is 0 Å². The monoisotopic (exact) mass is 109 g/mol. The number of rotatable bonds is 2. The van der Waals surface area contributed by atoms with Crippen molar-refractivity contribution in [3.05, 3.63) is 18.1 Å². The van der Waals surface area contributed by atoms with Crippen LogP contribution in [0, 0.1) is 6.42 Å². The summed E-state index contributed by atoms with van der Waals surface area (Å²) >= 11 is 0. The molecule has 43 valence electrons. The Balaban J connectivity index is 2.33. The van der Waals surface area contributed by atoms with E-state index >= 15 is 0 Å². The van der Waals surface area contributed by atoms with E-state index in [2.05, 4.69) is 6.08 Å². The van der Waals surface area contributed by atoms with Gasteiger partial charge in [-0.3, -0.25) is 0 Å². The number of hydrogen-bond donors (Lipinski definition) is 0. The first-order valence-electron chi connectivity index (χ1n) is 2.91. The molecule has 1 aliphatic rings. The second-order valence-corrected chi connectivity index (χ2v) is 1.97. The van der Waals surface area contributed by atoms with Crippen LogP contribution in [0.5, 0.6) is 0 Å². The SMILES string of the molecule is O=C[CH]C1=CCCC1. The lowest BCUT2D eigenvalue weighted by molar-refractivity contribution is -0.105. The smallest absolute Gasteiger partial charge is 0.128 e. The second kappa shape index (κ2) is 2.65. The Morgan fingerprint density at radius 1 is 1.62 bits per heavy atom. The van der Waals surface area contributed by atoms with Crippen molar-refractivity contribution in [1.82, 2.24) is 0 Å². The molecule has 0 aromatic carbocycles. The Hall–Kier alpha value is -0.590. The van der Waals surface area contributed by atoms with E-state index < -0.39 is 0 Å². The van der Waals surface area contributed by atoms with Crippen LogP contribution in [0.3, 0.4) is 0 Å². The van der Waals surface area contributed by atoms with Gasteiger partial charge in [-0.05, 0) is 19.3 Å². The van der Waals surface area contributed by atoms with Gasteiger partial charge < -0.3 is 4.79 Å². The van der Waals surface area contributed by atoms with E-state index in [1.54, 1.807) is 6.42 Å². The maximum absolute atomic E-state index is 9.86. The third kappa shape index (κ3) is 1.19. The highest BCUT2D eigenvalue weighted by Crippen LogP contribution is 2.18. The van der Waals surface area contributed by atoms with Gasteiger partial charge in [0.05, 0.1) is 0 Å². The Bertz CT molecular complexity index is 114. The van der Waals surface area contributed by atoms with Gasteiger partial charge >= 0.3 is 0 Å². The van der Waals surface area contributed by atoms with E-state index in [1.807, 2.05) is 0 Å². The van der Waals surface area contributed by atoms with Gasteiger partial charge in [0.15, 0.2) is 0 Å². The van der Waals surface area contributed by atoms with Gasteiger partial charge in [0, 0.05) is 6.42 Å². The summed E-state index contributed by atoms with van der Waals surface area (Å²) in [6, 6.07) is 0. The number of carbonyl (C=O) groups excluding carboxylic acids is 1. The first-order chi connectivity index (χ1) is 3.93. The average molecular weight is 109 g/mol. The molecule has 0 atom stereocenters. The summed E-state index contributed by atoms with van der Waals surface area (Å²) in [5.41, 5.74) is 1.21. The molecule has 0 N–H and O–H groups in total. The summed E-state index contributed by atoms with van der Waals surface area (Å²) in [4.78, 5) is 9.86. The molecule has 1 radical (unpaired) electrons. The minimum absolute atomic E-state index is 0.858. The first kappa shape index (κ1) is 5.54. The van der Waals surface area contributed by atoms with Gasteiger partial charge in [0.2, 0.25) is 0 Å². The Kier molecular flexibility index (Phi) is 1.84. The molecule has 0 heterocycles. The lowest BCUT2D eigenvalue weighted by Gasteiger charge is -1.87. The van der Waals surface area contributed by atoms with E-state index in [0.717, 1.165) is 19.1 Å². The molecule has 1 rings (SSSR count). The minimum atomic E-state index is 0.858. The normalized spacial score (nSPS) is 18.2. The van der Waals surface area contributed by atoms with Crippen molar-refractivity contribution >= 4 is 6.29 Å². The summed E-state index contributed by atoms with van der Waals surface area (Å²) in [6.07, 6.45) is 8.09. The maximum Gasteiger partial charge on any atom is 0.128 e. The Labute approximate surface area is 49.4 Å². The van der Waals surface area contributed by atoms with Gasteiger partial charge in [-0.25, -0.2) is 0 Å². The summed E-state index contributed by atoms with van der Waals surface area (Å²) in [7, 11) is 0. The molecule has 0 fully saturated rings. The van der Waals surface area contributed by atoms with Crippen LogP contribution in [0.25, 0.3) is 0 Å². The van der Waals surface area contributed by atoms with E-state index in [0.29, 0.717) is 0 Å². The Morgan fingerprint density at radius 2 is 2.50 bits per heavy atom. The van der Waals surface area contributed by atoms with Crippen LogP contribution in [0.1, 0.15) is 19.3 Å². The molecule has 0 amide bonds. The van der Waals surface area contributed by atoms with Crippen molar-refractivity contribution in [3.63, 3.8) is 0 Å². The summed E-state index contributed by atoms with van der Waals surface area (Å²) in [5.74, 6) is 0. The quantitative estimate of drug-likeness (QED) is 0.491. The summed E-state index contributed by atoms with van der Waals surface area (Å²) in [5, 5.41) is 0. The van der Waals surface area contributed by atoms with Crippen LogP contribution in [-0.4, -0.2) is 6.29 Å². The lowest BCUT2D eigenvalue weighted by atomic mass is 10.2. The van der Waals surface area contributed by atoms with E-state index in [1.165, 1.54) is 12.0 Å². The molecule has 0 aromatic rings. The molecule has 1 heteroatoms. The third-order valence-electron chi connectivity index (χ3n) is 1.36. The van der Waals surface area contributed by atoms with Crippen LogP contribution < -0.4 is 0 Å². The first-order valence-corrected chi connectivity index (χ1v) is 2.91. The molecule has 1 aliphatic carbocycles. The summed E-state index contributed by atoms with van der Waals surface area (Å²) in [6.45, 7) is 0. The van der Waals surface area contributed by atoms with E-state index in [4.69, 9.17) is 0 Å². The van der Waals surface area contributed by atoms with Crippen molar-refractivity contribution in [3.8, 4) is 0 Å². The van der Waals surface area contributed by atoms with Crippen LogP contribution in [0.2, 0.25) is 0 Å². The molecule has 0 bridgehead atoms. The molecule has 8 heavy (non-hydrogen) atoms. The van der Waals surface area contributed by atoms with Crippen LogP contribution in [0.4, 0.5) is 0 Å². The summed E-state index contributed by atoms with van der Waals surface area (Å²) < 4.78 is 0. The number of hydrogen-bond acceptors (Lipinski definition) is 1. The molecule has 0 saturated heterocycles. The fraction of sp³-hybridized carbons (Fsp3) is 0.429. The van der Waals surface area contributed by atoms with Crippen LogP contribution in [0.15, 0.2) is 11.6 Å². The standard InChI is InChI=1S/C7H9O/c8-6-5-7-3-1-2-4-7/h3,5-6H,1-2,4H2. The van der Waals surface area contributed by atoms with E-state index in [-0.39, 0.29) is 0 Å².